The van der Waals surface area contributed by atoms with E-state index < -0.39 is 84.6 Å². The minimum Gasteiger partial charge on any atom is -0.790 e. The number of aromatic nitrogens is 4. The number of imidazole rings is 1. The van der Waals surface area contributed by atoms with Gasteiger partial charge in [-0.2, -0.15) is 0 Å². The fraction of sp³-hybridized carbons (Fsp3) is 0.561. The van der Waals surface area contributed by atoms with Crippen LogP contribution < -0.4 is 35.9 Å². The van der Waals surface area contributed by atoms with Crippen molar-refractivity contribution in [2.75, 3.05) is 37.8 Å². The molecule has 3 rings (SSSR count). The van der Waals surface area contributed by atoms with E-state index >= 15 is 0 Å². The number of phosphoric acid groups is 3. The second-order valence-corrected chi connectivity index (χ2v) is 21.0. The molecule has 7 atom stereocenters. The highest BCUT2D eigenvalue weighted by Gasteiger charge is 2.47. The van der Waals surface area contributed by atoms with Crippen molar-refractivity contribution in [2.24, 2.45) is 5.41 Å². The molecule has 0 radical (unpaired) electrons. The number of nitrogens with zero attached hydrogens (tertiary/aromatic N) is 4. The first-order chi connectivity index (χ1) is 32.6. The van der Waals surface area contributed by atoms with Gasteiger partial charge < -0.3 is 69.0 Å². The zero-order chi connectivity index (χ0) is 51.1. The van der Waals surface area contributed by atoms with E-state index in [0.717, 1.165) is 67.5 Å². The van der Waals surface area contributed by atoms with Crippen LogP contribution in [0.15, 0.2) is 73.4 Å². The number of amides is 2. The number of fused-ring (bicyclic) bond motifs is 1. The van der Waals surface area contributed by atoms with Crippen LogP contribution in [0.5, 0.6) is 0 Å². The van der Waals surface area contributed by atoms with Gasteiger partial charge in [0.2, 0.25) is 11.8 Å². The first-order valence-corrected chi connectivity index (χ1v) is 27.1. The van der Waals surface area contributed by atoms with Crippen molar-refractivity contribution in [1.82, 2.24) is 30.2 Å². The summed E-state index contributed by atoms with van der Waals surface area (Å²) >= 11 is 1.10. The number of aliphatic hydroxyl groups is 2. The van der Waals surface area contributed by atoms with Crippen LogP contribution in [0.4, 0.5) is 5.82 Å². The summed E-state index contributed by atoms with van der Waals surface area (Å²) in [5.74, 6) is -1.20. The van der Waals surface area contributed by atoms with Gasteiger partial charge in [0, 0.05) is 37.1 Å². The number of allylic oxidation sites excluding steroid dienone is 10. The molecular formula is C41H60N7O17P3S-4. The molecule has 386 valence electrons. The van der Waals surface area contributed by atoms with Crippen molar-refractivity contribution >= 4 is 69.1 Å². The van der Waals surface area contributed by atoms with Crippen LogP contribution in [0.2, 0.25) is 0 Å². The Morgan fingerprint density at radius 3 is 2.13 bits per heavy atom. The van der Waals surface area contributed by atoms with Crippen LogP contribution in [0, 0.1) is 5.41 Å². The number of hydrogen-bond acceptors (Lipinski definition) is 22. The third-order valence-corrected chi connectivity index (χ3v) is 13.6. The van der Waals surface area contributed by atoms with Crippen LogP contribution in [-0.2, 0) is 50.7 Å². The number of aliphatic hydroxyl groups excluding tert-OH is 2. The van der Waals surface area contributed by atoms with E-state index in [2.05, 4.69) is 105 Å². The number of carbonyl (C=O) groups excluding carboxylic acids is 3. The molecule has 2 amide bonds. The van der Waals surface area contributed by atoms with Crippen LogP contribution in [-0.4, -0.2) is 103 Å². The molecular weight excluding hydrogens is 987 g/mol. The molecule has 1 aliphatic rings. The lowest BCUT2D eigenvalue weighted by molar-refractivity contribution is -0.347. The average molecular weight is 1050 g/mol. The third-order valence-electron chi connectivity index (χ3n) is 9.65. The molecule has 0 spiro atoms. The SMILES string of the molecule is CCC=CCC=CCC=CCC=CCC=CCCCC(=O)SCCNC(=O)CCNC(=O)C(O)C(C)(C)COP(=O)([O-])OP(=O)([O-])OCC1OC(n2cnc3c(N)ncnc32)C(O)C1OP(=O)([O-])[O-]. The fourth-order valence-corrected chi connectivity index (χ4v) is 9.53. The molecule has 2 aromatic heterocycles. The summed E-state index contributed by atoms with van der Waals surface area (Å²) in [7, 11) is -17.6. The molecule has 3 heterocycles. The number of anilines is 1. The van der Waals surface area contributed by atoms with Gasteiger partial charge in [-0.25, -0.2) is 19.3 Å². The van der Waals surface area contributed by atoms with Gasteiger partial charge in [0.15, 0.2) is 22.8 Å². The first kappa shape index (κ1) is 59.6. The van der Waals surface area contributed by atoms with Crippen molar-refractivity contribution in [2.45, 2.75) is 109 Å². The van der Waals surface area contributed by atoms with E-state index in [1.54, 1.807) is 0 Å². The summed E-state index contributed by atoms with van der Waals surface area (Å²) < 4.78 is 60.8. The lowest BCUT2D eigenvalue weighted by Crippen LogP contribution is -2.46. The van der Waals surface area contributed by atoms with Gasteiger partial charge >= 0.3 is 0 Å². The quantitative estimate of drug-likeness (QED) is 0.0398. The molecule has 28 heteroatoms. The minimum atomic E-state index is -5.93. The number of carbonyl (C=O) groups is 3. The van der Waals surface area contributed by atoms with Crippen LogP contribution in [0.25, 0.3) is 11.2 Å². The smallest absolute Gasteiger partial charge is 0.274 e. The standard InChI is InChI=1S/C41H64N7O17P3S/c1-4-5-6-7-8-9-10-11-12-13-14-15-16-17-18-19-20-21-32(50)69-25-24-43-31(49)22-23-44-39(53)36(52)41(2,3)27-62-68(59,60)65-67(57,58)61-26-30-35(64-66(54,55)56)34(51)40(63-30)48-29-47-33-37(42)45-28-46-38(33)48/h5-6,8-9,11-12,14-15,17-18,28-30,34-36,40,51-52H,4,7,10,13,16,19-27H2,1-3H3,(H,43,49)(H,44,53)(H,57,58)(H,59,60)(H2,42,45,46)(H2,54,55,56)/p-4. The third kappa shape index (κ3) is 22.5. The van der Waals surface area contributed by atoms with Gasteiger partial charge in [0.05, 0.1) is 27.4 Å². The van der Waals surface area contributed by atoms with Gasteiger partial charge in [0.25, 0.3) is 15.6 Å². The predicted octanol–water partition coefficient (Wildman–Crippen LogP) is 2.06. The predicted molar refractivity (Wildman–Crippen MR) is 247 cm³/mol. The Kier molecular flexibility index (Phi) is 25.5. The van der Waals surface area contributed by atoms with Crippen LogP contribution in [0.1, 0.15) is 84.8 Å². The van der Waals surface area contributed by atoms with E-state index in [1.807, 2.05) is 6.08 Å². The fourth-order valence-electron chi connectivity index (χ4n) is 6.08. The number of phosphoric ester groups is 3. The number of ether oxygens (including phenoxy) is 1. The van der Waals surface area contributed by atoms with E-state index in [-0.39, 0.29) is 41.6 Å². The largest absolute Gasteiger partial charge is 0.790 e. The molecule has 0 aromatic carbocycles. The van der Waals surface area contributed by atoms with Gasteiger partial charge in [-0.3, -0.25) is 28.1 Å². The summed E-state index contributed by atoms with van der Waals surface area (Å²) in [4.78, 5) is 96.8. The topological polar surface area (TPSA) is 375 Å². The normalized spacial score (nSPS) is 20.4. The van der Waals surface area contributed by atoms with Gasteiger partial charge in [-0.1, -0.05) is 93.3 Å². The molecule has 1 saturated heterocycles. The van der Waals surface area contributed by atoms with E-state index in [0.29, 0.717) is 18.6 Å². The second kappa shape index (κ2) is 29.6. The number of nitrogen functional groups attached to an aromatic ring is 1. The molecule has 0 bridgehead atoms. The summed E-state index contributed by atoms with van der Waals surface area (Å²) in [6, 6.07) is 0. The Bertz CT molecular complexity index is 2270. The molecule has 0 saturated carbocycles. The zero-order valence-corrected chi connectivity index (χ0v) is 41.8. The molecule has 1 aliphatic heterocycles. The maximum Gasteiger partial charge on any atom is 0.274 e. The Balaban J connectivity index is 1.31. The number of hydrogen-bond donors (Lipinski definition) is 5. The highest BCUT2D eigenvalue weighted by molar-refractivity contribution is 8.13. The Labute approximate surface area is 404 Å². The summed E-state index contributed by atoms with van der Waals surface area (Å²) in [5.41, 5.74) is 4.08. The molecule has 0 aliphatic carbocycles. The molecule has 7 unspecified atom stereocenters. The minimum absolute atomic E-state index is 0.00256. The van der Waals surface area contributed by atoms with Gasteiger partial charge in [-0.05, 0) is 44.9 Å². The van der Waals surface area contributed by atoms with E-state index in [1.165, 1.54) is 13.8 Å². The van der Waals surface area contributed by atoms with Crippen LogP contribution in [0.3, 0.4) is 0 Å². The summed E-state index contributed by atoms with van der Waals surface area (Å²) in [6.07, 6.45) is 20.1. The Hall–Kier alpha value is -3.74. The van der Waals surface area contributed by atoms with E-state index in [9.17, 15) is 57.9 Å². The van der Waals surface area contributed by atoms with Crippen molar-refractivity contribution in [3.8, 4) is 0 Å². The number of unbranched alkanes of at least 4 members (excludes halogenated alkanes) is 1. The molecule has 6 N–H and O–H groups in total. The van der Waals surface area contributed by atoms with E-state index in [4.69, 9.17) is 10.5 Å². The van der Waals surface area contributed by atoms with Crippen molar-refractivity contribution in [3.63, 3.8) is 0 Å². The maximum atomic E-state index is 12.6. The number of nitrogens with two attached hydrogens (primary N) is 1. The van der Waals surface area contributed by atoms with Crippen molar-refractivity contribution < 1.29 is 80.5 Å². The second-order valence-electron chi connectivity index (χ2n) is 15.8. The summed E-state index contributed by atoms with van der Waals surface area (Å²) in [5, 5.41) is 26.4. The lowest BCUT2D eigenvalue weighted by Gasteiger charge is -2.36. The van der Waals surface area contributed by atoms with Gasteiger partial charge in [0.1, 0.15) is 36.3 Å². The van der Waals surface area contributed by atoms with Crippen molar-refractivity contribution in [3.05, 3.63) is 73.4 Å². The first-order valence-electron chi connectivity index (χ1n) is 21.8. The number of thioether (sulfide) groups is 1. The highest BCUT2D eigenvalue weighted by atomic mass is 32.2. The van der Waals surface area contributed by atoms with Crippen LogP contribution >= 0.6 is 35.2 Å². The maximum absolute atomic E-state index is 12.6. The monoisotopic (exact) mass is 1050 g/mol. The molecule has 2 aromatic rings. The molecule has 69 heavy (non-hydrogen) atoms. The van der Waals surface area contributed by atoms with Gasteiger partial charge in [-0.15, -0.1) is 0 Å². The highest BCUT2D eigenvalue weighted by Crippen LogP contribution is 2.56. The number of nitrogens with one attached hydrogen (secondary N) is 2. The zero-order valence-electron chi connectivity index (χ0n) is 38.3. The number of rotatable bonds is 32. The summed E-state index contributed by atoms with van der Waals surface area (Å²) in [6.45, 7) is 2.22. The Morgan fingerprint density at radius 1 is 0.899 bits per heavy atom. The lowest BCUT2D eigenvalue weighted by atomic mass is 9.87. The molecule has 24 nitrogen and oxygen atoms in total. The average Bonchev–Trinajstić information content (AvgIpc) is 3.84. The molecule has 1 fully saturated rings. The van der Waals surface area contributed by atoms with Crippen molar-refractivity contribution in [1.29, 1.82) is 0 Å². The Morgan fingerprint density at radius 2 is 1.51 bits per heavy atom.